The molecule has 0 aliphatic heterocycles. The second-order valence-electron chi connectivity index (χ2n) is 3.06. The Morgan fingerprint density at radius 3 is 2.55 bits per heavy atom. The van der Waals surface area contributed by atoms with Crippen LogP contribution >= 0.6 is 11.3 Å². The van der Waals surface area contributed by atoms with Gasteiger partial charge in [-0.05, 0) is 20.3 Å². The molecule has 0 aromatic carbocycles. The van der Waals surface area contributed by atoms with Crippen molar-refractivity contribution in [1.29, 1.82) is 0 Å². The fourth-order valence-corrected chi connectivity index (χ4v) is 1.68. The van der Waals surface area contributed by atoms with Crippen molar-refractivity contribution < 1.29 is 5.11 Å². The lowest BCUT2D eigenvalue weighted by atomic mass is 10.1. The number of hydrogen-bond donors (Lipinski definition) is 1. The largest absolute Gasteiger partial charge is 0.383 e. The van der Waals surface area contributed by atoms with Crippen LogP contribution in [0.25, 0.3) is 0 Å². The Morgan fingerprint density at radius 2 is 2.27 bits per heavy atom. The number of rotatable bonds is 2. The van der Waals surface area contributed by atoms with Gasteiger partial charge in [0.05, 0.1) is 5.69 Å². The van der Waals surface area contributed by atoms with Gasteiger partial charge in [-0.25, -0.2) is 4.98 Å². The predicted octanol–water partition coefficient (Wildman–Crippen LogP) is 1.93. The Kier molecular flexibility index (Phi) is 2.30. The smallest absolute Gasteiger partial charge is 0.124 e. The highest BCUT2D eigenvalue weighted by atomic mass is 32.1. The Morgan fingerprint density at radius 1 is 1.64 bits per heavy atom. The first-order valence-corrected chi connectivity index (χ1v) is 4.59. The summed E-state index contributed by atoms with van der Waals surface area (Å²) in [7, 11) is 0. The van der Waals surface area contributed by atoms with Crippen molar-refractivity contribution in [3.05, 3.63) is 16.1 Å². The third-order valence-electron chi connectivity index (χ3n) is 1.44. The number of hydrogen-bond acceptors (Lipinski definition) is 3. The van der Waals surface area contributed by atoms with Gasteiger partial charge in [0, 0.05) is 5.38 Å². The second-order valence-corrected chi connectivity index (χ2v) is 3.91. The molecule has 0 saturated carbocycles. The van der Waals surface area contributed by atoms with Crippen molar-refractivity contribution in [2.24, 2.45) is 0 Å². The zero-order valence-electron chi connectivity index (χ0n) is 7.09. The lowest BCUT2D eigenvalue weighted by Crippen LogP contribution is -2.14. The number of aromatic nitrogens is 1. The zero-order valence-corrected chi connectivity index (χ0v) is 7.90. The molecule has 2 nitrogen and oxygen atoms in total. The molecule has 0 atom stereocenters. The van der Waals surface area contributed by atoms with Crippen LogP contribution in [-0.2, 0) is 12.0 Å². The summed E-state index contributed by atoms with van der Waals surface area (Å²) in [6.07, 6.45) is 0.937. The van der Waals surface area contributed by atoms with Gasteiger partial charge in [-0.1, -0.05) is 6.92 Å². The summed E-state index contributed by atoms with van der Waals surface area (Å²) in [6.45, 7) is 5.57. The topological polar surface area (TPSA) is 33.1 Å². The lowest BCUT2D eigenvalue weighted by molar-refractivity contribution is 0.0781. The molecule has 0 aliphatic rings. The maximum absolute atomic E-state index is 9.55. The van der Waals surface area contributed by atoms with Crippen molar-refractivity contribution in [3.63, 3.8) is 0 Å². The predicted molar refractivity (Wildman–Crippen MR) is 46.7 cm³/mol. The first-order chi connectivity index (χ1) is 5.04. The first-order valence-electron chi connectivity index (χ1n) is 3.71. The van der Waals surface area contributed by atoms with Gasteiger partial charge in [0.15, 0.2) is 0 Å². The van der Waals surface area contributed by atoms with E-state index in [9.17, 15) is 5.11 Å². The van der Waals surface area contributed by atoms with E-state index in [0.29, 0.717) is 0 Å². The molecule has 1 heterocycles. The van der Waals surface area contributed by atoms with Gasteiger partial charge in [0.25, 0.3) is 0 Å². The molecule has 0 spiro atoms. The summed E-state index contributed by atoms with van der Waals surface area (Å²) in [5.41, 5.74) is 0.282. The average molecular weight is 171 g/mol. The van der Waals surface area contributed by atoms with Crippen LogP contribution in [0.15, 0.2) is 5.38 Å². The van der Waals surface area contributed by atoms with E-state index < -0.39 is 5.60 Å². The van der Waals surface area contributed by atoms with Crippen LogP contribution in [0.1, 0.15) is 31.5 Å². The van der Waals surface area contributed by atoms with Crippen molar-refractivity contribution in [2.45, 2.75) is 32.8 Å². The third-order valence-corrected chi connectivity index (χ3v) is 2.64. The SMILES string of the molecule is CCc1csc(C(C)(C)O)n1. The van der Waals surface area contributed by atoms with Gasteiger partial charge < -0.3 is 5.11 Å². The van der Waals surface area contributed by atoms with Crippen molar-refractivity contribution in [2.75, 3.05) is 0 Å². The molecule has 0 saturated heterocycles. The molecule has 3 heteroatoms. The zero-order chi connectivity index (χ0) is 8.48. The van der Waals surface area contributed by atoms with E-state index in [1.807, 2.05) is 5.38 Å². The standard InChI is InChI=1S/C8H13NOS/c1-4-6-5-11-7(9-6)8(2,3)10/h5,10H,4H2,1-3H3. The quantitative estimate of drug-likeness (QED) is 0.737. The van der Waals surface area contributed by atoms with Crippen LogP contribution < -0.4 is 0 Å². The summed E-state index contributed by atoms with van der Waals surface area (Å²) in [5, 5.41) is 12.3. The fourth-order valence-electron chi connectivity index (χ4n) is 0.750. The Balaban J connectivity index is 2.89. The van der Waals surface area contributed by atoms with Gasteiger partial charge in [-0.2, -0.15) is 0 Å². The van der Waals surface area contributed by atoms with Gasteiger partial charge in [-0.15, -0.1) is 11.3 Å². The van der Waals surface area contributed by atoms with Gasteiger partial charge in [0.2, 0.25) is 0 Å². The summed E-state index contributed by atoms with van der Waals surface area (Å²) in [6, 6.07) is 0. The van der Waals surface area contributed by atoms with E-state index in [0.717, 1.165) is 17.1 Å². The number of nitrogens with zero attached hydrogens (tertiary/aromatic N) is 1. The van der Waals surface area contributed by atoms with Crippen LogP contribution in [0.5, 0.6) is 0 Å². The molecule has 1 N–H and O–H groups in total. The average Bonchev–Trinajstić information content (AvgIpc) is 2.32. The van der Waals surface area contributed by atoms with Crippen molar-refractivity contribution in [1.82, 2.24) is 4.98 Å². The molecule has 62 valence electrons. The van der Waals surface area contributed by atoms with E-state index in [4.69, 9.17) is 0 Å². The highest BCUT2D eigenvalue weighted by molar-refractivity contribution is 7.09. The Labute approximate surface area is 70.9 Å². The minimum atomic E-state index is -0.780. The fraction of sp³-hybridized carbons (Fsp3) is 0.625. The number of thiazole rings is 1. The first kappa shape index (κ1) is 8.68. The minimum Gasteiger partial charge on any atom is -0.383 e. The molecular formula is C8H13NOS. The third kappa shape index (κ3) is 2.01. The molecule has 0 radical (unpaired) electrons. The van der Waals surface area contributed by atoms with Crippen molar-refractivity contribution >= 4 is 11.3 Å². The number of aliphatic hydroxyl groups is 1. The van der Waals surface area contributed by atoms with Crippen molar-refractivity contribution in [3.8, 4) is 0 Å². The summed E-state index contributed by atoms with van der Waals surface area (Å²) in [5.74, 6) is 0. The van der Waals surface area contributed by atoms with E-state index in [-0.39, 0.29) is 0 Å². The highest BCUT2D eigenvalue weighted by Crippen LogP contribution is 2.23. The summed E-state index contributed by atoms with van der Waals surface area (Å²) >= 11 is 1.52. The molecule has 0 unspecified atom stereocenters. The Bertz CT molecular complexity index is 236. The summed E-state index contributed by atoms with van der Waals surface area (Å²) < 4.78 is 0. The molecule has 1 rings (SSSR count). The normalized spacial score (nSPS) is 12.0. The number of aryl methyl sites for hydroxylation is 1. The monoisotopic (exact) mass is 171 g/mol. The molecule has 1 aromatic rings. The van der Waals surface area contributed by atoms with Crippen LogP contribution in [0.2, 0.25) is 0 Å². The van der Waals surface area contributed by atoms with Crippen LogP contribution in [-0.4, -0.2) is 10.1 Å². The van der Waals surface area contributed by atoms with Gasteiger partial charge in [-0.3, -0.25) is 0 Å². The lowest BCUT2D eigenvalue weighted by Gasteiger charge is -2.12. The molecule has 0 amide bonds. The van der Waals surface area contributed by atoms with Gasteiger partial charge in [0.1, 0.15) is 10.6 Å². The highest BCUT2D eigenvalue weighted by Gasteiger charge is 2.19. The second kappa shape index (κ2) is 2.91. The maximum Gasteiger partial charge on any atom is 0.124 e. The minimum absolute atomic E-state index is 0.780. The molecule has 0 bridgehead atoms. The molecule has 0 aliphatic carbocycles. The van der Waals surface area contributed by atoms with Gasteiger partial charge >= 0.3 is 0 Å². The summed E-state index contributed by atoms with van der Waals surface area (Å²) in [4.78, 5) is 4.27. The molecule has 1 aromatic heterocycles. The van der Waals surface area contributed by atoms with Crippen LogP contribution in [0, 0.1) is 0 Å². The Hall–Kier alpha value is -0.410. The molecule has 0 fully saturated rings. The molecular weight excluding hydrogens is 158 g/mol. The van der Waals surface area contributed by atoms with E-state index in [2.05, 4.69) is 11.9 Å². The maximum atomic E-state index is 9.55. The van der Waals surface area contributed by atoms with Crippen LogP contribution in [0.3, 0.4) is 0 Å². The van der Waals surface area contributed by atoms with E-state index >= 15 is 0 Å². The van der Waals surface area contributed by atoms with E-state index in [1.54, 1.807) is 13.8 Å². The molecule has 11 heavy (non-hydrogen) atoms. The van der Waals surface area contributed by atoms with Crippen LogP contribution in [0.4, 0.5) is 0 Å². The van der Waals surface area contributed by atoms with E-state index in [1.165, 1.54) is 11.3 Å².